The van der Waals surface area contributed by atoms with Crippen molar-refractivity contribution in [1.29, 1.82) is 0 Å². The molecule has 2 rings (SSSR count). The highest BCUT2D eigenvalue weighted by atomic mass is 31.2. The molecular formula is C17H29N3O8P+. The monoisotopic (exact) mass is 434 g/mol. The number of carbonyl (C=O) groups excluding carboxylic acids is 1. The first kappa shape index (κ1) is 23.7. The molecule has 1 aromatic heterocycles. The van der Waals surface area contributed by atoms with E-state index in [4.69, 9.17) is 14.0 Å². The Balaban J connectivity index is 1.99. The van der Waals surface area contributed by atoms with Gasteiger partial charge >= 0.3 is 19.5 Å². The summed E-state index contributed by atoms with van der Waals surface area (Å²) in [4.78, 5) is 47.7. The zero-order valence-electron chi connectivity index (χ0n) is 17.1. The molecule has 0 saturated carbocycles. The lowest BCUT2D eigenvalue weighted by Crippen LogP contribution is -2.40. The summed E-state index contributed by atoms with van der Waals surface area (Å²) in [7, 11) is -3.17. The van der Waals surface area contributed by atoms with Gasteiger partial charge in [0.15, 0.2) is 0 Å². The highest BCUT2D eigenvalue weighted by molar-refractivity contribution is 7.62. The van der Waals surface area contributed by atoms with Crippen molar-refractivity contribution in [2.24, 2.45) is 0 Å². The van der Waals surface area contributed by atoms with E-state index >= 15 is 0 Å². The minimum Gasteiger partial charge on any atom is -0.462 e. The molecule has 0 amide bonds. The summed E-state index contributed by atoms with van der Waals surface area (Å²) in [5, 5.41) is 13.4. The molecule has 5 atom stereocenters. The minimum absolute atomic E-state index is 0.0815. The number of esters is 1. The van der Waals surface area contributed by atoms with Crippen LogP contribution in [-0.4, -0.2) is 62.6 Å². The molecule has 164 valence electrons. The van der Waals surface area contributed by atoms with Gasteiger partial charge in [0, 0.05) is 18.7 Å². The maximum absolute atomic E-state index is 11.9. The van der Waals surface area contributed by atoms with Crippen molar-refractivity contribution < 1.29 is 28.8 Å². The fraction of sp³-hybridized carbons (Fsp3) is 0.706. The molecule has 0 aliphatic carbocycles. The fourth-order valence-corrected chi connectivity index (χ4v) is 4.23. The Hall–Kier alpha value is -1.62. The number of ether oxygens (including phenoxy) is 2. The van der Waals surface area contributed by atoms with E-state index in [-0.39, 0.29) is 19.1 Å². The standard InChI is InChI=1S/C17H28N3O8P/c1-10(2)27-15(22)11(3)19-29(5,25)26-9-12-17(4,24)8-14(28-12)20-7-6-13(21)18-16(20)23/h6-7,10-12,14,19,24-25H,8-9H2,1-5H3/p+1/t11?,12-,14-,17+,29?/m1/s1. The lowest BCUT2D eigenvalue weighted by Gasteiger charge is -2.25. The Morgan fingerprint density at radius 1 is 1.48 bits per heavy atom. The fourth-order valence-electron chi connectivity index (χ4n) is 2.90. The second-order valence-corrected chi connectivity index (χ2v) is 9.94. The van der Waals surface area contributed by atoms with Crippen LogP contribution in [0.2, 0.25) is 0 Å². The van der Waals surface area contributed by atoms with Crippen LogP contribution in [0.15, 0.2) is 21.9 Å². The summed E-state index contributed by atoms with van der Waals surface area (Å²) in [5.74, 6) is -0.523. The zero-order valence-corrected chi connectivity index (χ0v) is 18.0. The van der Waals surface area contributed by atoms with Crippen molar-refractivity contribution in [3.8, 4) is 0 Å². The van der Waals surface area contributed by atoms with E-state index in [0.717, 1.165) is 0 Å². The van der Waals surface area contributed by atoms with Crippen molar-refractivity contribution in [2.75, 3.05) is 13.3 Å². The van der Waals surface area contributed by atoms with E-state index in [1.807, 2.05) is 0 Å². The predicted molar refractivity (Wildman–Crippen MR) is 105 cm³/mol. The maximum Gasteiger partial charge on any atom is 0.340 e. The molecule has 11 nitrogen and oxygen atoms in total. The van der Waals surface area contributed by atoms with Crippen LogP contribution < -0.4 is 16.3 Å². The van der Waals surface area contributed by atoms with Crippen molar-refractivity contribution in [3.05, 3.63) is 33.1 Å². The first-order valence-electron chi connectivity index (χ1n) is 9.22. The van der Waals surface area contributed by atoms with Gasteiger partial charge in [0.05, 0.1) is 11.7 Å². The third-order valence-electron chi connectivity index (χ3n) is 4.38. The lowest BCUT2D eigenvalue weighted by molar-refractivity contribution is -0.149. The smallest absolute Gasteiger partial charge is 0.340 e. The van der Waals surface area contributed by atoms with Crippen LogP contribution in [0.1, 0.15) is 40.3 Å². The van der Waals surface area contributed by atoms with Gasteiger partial charge in [0.25, 0.3) is 5.56 Å². The number of carbonyl (C=O) groups is 1. The lowest BCUT2D eigenvalue weighted by atomic mass is 9.98. The summed E-state index contributed by atoms with van der Waals surface area (Å²) in [6, 6.07) is 0.388. The van der Waals surface area contributed by atoms with Gasteiger partial charge in [0.2, 0.25) is 0 Å². The van der Waals surface area contributed by atoms with E-state index < -0.39 is 49.1 Å². The molecule has 0 bridgehead atoms. The van der Waals surface area contributed by atoms with E-state index in [1.165, 1.54) is 30.4 Å². The second-order valence-electron chi connectivity index (χ2n) is 7.67. The molecule has 1 aliphatic rings. The van der Waals surface area contributed by atoms with Gasteiger partial charge in [-0.1, -0.05) is 0 Å². The van der Waals surface area contributed by atoms with Crippen LogP contribution in [0.5, 0.6) is 0 Å². The van der Waals surface area contributed by atoms with E-state index in [1.54, 1.807) is 20.8 Å². The predicted octanol–water partition coefficient (Wildman–Crippen LogP) is -0.0939. The maximum atomic E-state index is 11.9. The topological polar surface area (TPSA) is 152 Å². The summed E-state index contributed by atoms with van der Waals surface area (Å²) in [5.41, 5.74) is -2.53. The molecule has 1 aliphatic heterocycles. The number of nitrogens with one attached hydrogen (secondary N) is 2. The summed E-state index contributed by atoms with van der Waals surface area (Å²) < 4.78 is 17.5. The van der Waals surface area contributed by atoms with Gasteiger partial charge in [-0.3, -0.25) is 19.1 Å². The third kappa shape index (κ3) is 6.43. The van der Waals surface area contributed by atoms with Gasteiger partial charge in [-0.05, 0) is 27.7 Å². The quantitative estimate of drug-likeness (QED) is 0.325. The van der Waals surface area contributed by atoms with Crippen LogP contribution in [0, 0.1) is 0 Å². The van der Waals surface area contributed by atoms with Crippen LogP contribution in [0.25, 0.3) is 0 Å². The molecule has 1 saturated heterocycles. The first-order valence-corrected chi connectivity index (χ1v) is 11.3. The minimum atomic E-state index is -3.17. The van der Waals surface area contributed by atoms with Crippen LogP contribution in [0.4, 0.5) is 0 Å². The Labute approximate surface area is 168 Å². The summed E-state index contributed by atoms with van der Waals surface area (Å²) in [6.45, 7) is 7.75. The Bertz CT molecular complexity index is 834. The summed E-state index contributed by atoms with van der Waals surface area (Å²) >= 11 is 0. The molecule has 0 aromatic carbocycles. The Kier molecular flexibility index (Phi) is 7.37. The molecule has 4 N–H and O–H groups in total. The van der Waals surface area contributed by atoms with Gasteiger partial charge in [-0.2, -0.15) is 4.52 Å². The molecule has 1 aromatic rings. The second kappa shape index (κ2) is 9.03. The number of aromatic nitrogens is 2. The SMILES string of the molecule is CC(C)OC(=O)C(C)N[P+](C)(O)OC[C@H]1O[C@@H](n2ccc(=O)[nH]c2=O)C[C@]1(C)O. The molecule has 0 spiro atoms. The highest BCUT2D eigenvalue weighted by Gasteiger charge is 2.47. The van der Waals surface area contributed by atoms with Crippen LogP contribution in [0.3, 0.4) is 0 Å². The number of aliphatic hydroxyl groups is 1. The van der Waals surface area contributed by atoms with Gasteiger partial charge in [0.1, 0.15) is 31.6 Å². The van der Waals surface area contributed by atoms with Crippen molar-refractivity contribution in [2.45, 2.75) is 64.2 Å². The van der Waals surface area contributed by atoms with Crippen LogP contribution >= 0.6 is 7.87 Å². The summed E-state index contributed by atoms with van der Waals surface area (Å²) in [6.07, 6.45) is -0.571. The largest absolute Gasteiger partial charge is 0.462 e. The molecule has 29 heavy (non-hydrogen) atoms. The average Bonchev–Trinajstić information content (AvgIpc) is 2.86. The van der Waals surface area contributed by atoms with Crippen molar-refractivity contribution in [3.63, 3.8) is 0 Å². The van der Waals surface area contributed by atoms with Crippen molar-refractivity contribution in [1.82, 2.24) is 14.6 Å². The van der Waals surface area contributed by atoms with E-state index in [9.17, 15) is 24.4 Å². The number of H-pyrrole nitrogens is 1. The van der Waals surface area contributed by atoms with Crippen LogP contribution in [-0.2, 0) is 18.8 Å². The Morgan fingerprint density at radius 3 is 2.72 bits per heavy atom. The van der Waals surface area contributed by atoms with Gasteiger partial charge < -0.3 is 14.6 Å². The van der Waals surface area contributed by atoms with Gasteiger partial charge in [-0.15, -0.1) is 5.09 Å². The van der Waals surface area contributed by atoms with E-state index in [2.05, 4.69) is 10.1 Å². The normalized spacial score (nSPS) is 27.6. The number of rotatable bonds is 8. The molecule has 1 fully saturated rings. The first-order chi connectivity index (χ1) is 13.3. The van der Waals surface area contributed by atoms with E-state index in [0.29, 0.717) is 0 Å². The average molecular weight is 434 g/mol. The number of aromatic amines is 1. The molecular weight excluding hydrogens is 405 g/mol. The molecule has 2 unspecified atom stereocenters. The number of hydrogen-bond acceptors (Lipinski definition) is 9. The van der Waals surface area contributed by atoms with Crippen molar-refractivity contribution >= 4 is 13.8 Å². The molecule has 2 heterocycles. The highest BCUT2D eigenvalue weighted by Crippen LogP contribution is 2.49. The Morgan fingerprint density at radius 2 is 2.14 bits per heavy atom. The third-order valence-corrected chi connectivity index (χ3v) is 5.90. The molecule has 0 radical (unpaired) electrons. The number of hydrogen-bond donors (Lipinski definition) is 4. The van der Waals surface area contributed by atoms with Gasteiger partial charge in [-0.25, -0.2) is 9.69 Å². The molecule has 12 heteroatoms. The number of nitrogens with zero attached hydrogens (tertiary/aromatic N) is 1. The zero-order chi connectivity index (χ0) is 22.0.